The predicted octanol–water partition coefficient (Wildman–Crippen LogP) is 2.53. The number of carbonyl (C=O) groups excluding carboxylic acids is 1. The highest BCUT2D eigenvalue weighted by Gasteiger charge is 2.33. The van der Waals surface area contributed by atoms with Crippen LogP contribution in [-0.2, 0) is 4.79 Å². The fraction of sp³-hybridized carbons (Fsp3) is 0.909. The first-order valence-electron chi connectivity index (χ1n) is 5.39. The quantitative estimate of drug-likeness (QED) is 0.672. The first-order valence-corrected chi connectivity index (χ1v) is 5.39. The van der Waals surface area contributed by atoms with Gasteiger partial charge >= 0.3 is 0 Å². The van der Waals surface area contributed by atoms with Crippen LogP contribution in [0.3, 0.4) is 0 Å². The van der Waals surface area contributed by atoms with E-state index in [1.807, 2.05) is 0 Å². The van der Waals surface area contributed by atoms with E-state index < -0.39 is 5.67 Å². The van der Waals surface area contributed by atoms with Crippen molar-refractivity contribution in [2.45, 2.75) is 57.7 Å². The van der Waals surface area contributed by atoms with Gasteiger partial charge in [-0.15, -0.1) is 0 Å². The second-order valence-corrected chi connectivity index (χ2v) is 4.68. The fourth-order valence-electron chi connectivity index (χ4n) is 2.05. The largest absolute Gasteiger partial charge is 0.340 e. The van der Waals surface area contributed by atoms with Gasteiger partial charge in [-0.05, 0) is 26.7 Å². The number of halogens is 1. The number of nitrogens with zero attached hydrogens (tertiary/aromatic N) is 1. The first kappa shape index (κ1) is 11.5. The van der Waals surface area contributed by atoms with E-state index in [-0.39, 0.29) is 11.9 Å². The van der Waals surface area contributed by atoms with Crippen LogP contribution < -0.4 is 0 Å². The van der Waals surface area contributed by atoms with Gasteiger partial charge < -0.3 is 4.90 Å². The molecule has 1 fully saturated rings. The Bertz CT molecular complexity index is 204. The summed E-state index contributed by atoms with van der Waals surface area (Å²) < 4.78 is 13.4. The van der Waals surface area contributed by atoms with Crippen LogP contribution in [-0.4, -0.2) is 29.6 Å². The average molecular weight is 201 g/mol. The molecule has 0 atom stereocenters. The van der Waals surface area contributed by atoms with Gasteiger partial charge in [0.05, 0.1) is 0 Å². The Morgan fingerprint density at radius 2 is 1.79 bits per heavy atom. The Labute approximate surface area is 85.5 Å². The Hall–Kier alpha value is -0.600. The van der Waals surface area contributed by atoms with Gasteiger partial charge in [-0.2, -0.15) is 0 Å². The molecule has 0 aromatic carbocycles. The molecule has 0 heterocycles. The number of rotatable bonds is 2. The molecule has 1 saturated carbocycles. The van der Waals surface area contributed by atoms with Gasteiger partial charge in [0.2, 0.25) is 0 Å². The molecule has 0 N–H and O–H groups in total. The third-order valence-electron chi connectivity index (χ3n) is 2.95. The summed E-state index contributed by atoms with van der Waals surface area (Å²) in [6.07, 6.45) is 5.62. The molecule has 1 aliphatic carbocycles. The van der Waals surface area contributed by atoms with Gasteiger partial charge in [0.25, 0.3) is 5.91 Å². The lowest BCUT2D eigenvalue weighted by Gasteiger charge is -2.33. The van der Waals surface area contributed by atoms with Crippen LogP contribution in [0.25, 0.3) is 0 Å². The molecule has 1 amide bonds. The third kappa shape index (κ3) is 2.69. The van der Waals surface area contributed by atoms with E-state index >= 15 is 0 Å². The lowest BCUT2D eigenvalue weighted by Crippen LogP contribution is -2.46. The molecule has 0 aliphatic heterocycles. The van der Waals surface area contributed by atoms with E-state index in [2.05, 4.69) is 0 Å². The van der Waals surface area contributed by atoms with Gasteiger partial charge in [0.1, 0.15) is 0 Å². The molecule has 0 saturated heterocycles. The van der Waals surface area contributed by atoms with Gasteiger partial charge in [-0.25, -0.2) is 4.39 Å². The first-order chi connectivity index (χ1) is 6.43. The van der Waals surface area contributed by atoms with E-state index in [0.29, 0.717) is 0 Å². The topological polar surface area (TPSA) is 20.3 Å². The average Bonchev–Trinajstić information content (AvgIpc) is 2.15. The molecule has 3 heteroatoms. The molecular weight excluding hydrogens is 181 g/mol. The fourth-order valence-corrected chi connectivity index (χ4v) is 2.05. The van der Waals surface area contributed by atoms with Gasteiger partial charge in [-0.1, -0.05) is 19.3 Å². The van der Waals surface area contributed by atoms with Crippen molar-refractivity contribution in [3.63, 3.8) is 0 Å². The highest BCUT2D eigenvalue weighted by atomic mass is 19.1. The Balaban J connectivity index is 2.55. The molecule has 14 heavy (non-hydrogen) atoms. The van der Waals surface area contributed by atoms with E-state index in [4.69, 9.17) is 0 Å². The maximum atomic E-state index is 13.4. The zero-order chi connectivity index (χ0) is 10.8. The molecule has 0 radical (unpaired) electrons. The van der Waals surface area contributed by atoms with Crippen molar-refractivity contribution in [1.82, 2.24) is 4.90 Å². The minimum absolute atomic E-state index is 0.256. The van der Waals surface area contributed by atoms with Crippen LogP contribution >= 0.6 is 0 Å². The van der Waals surface area contributed by atoms with Crippen LogP contribution in [0, 0.1) is 0 Å². The second kappa shape index (κ2) is 4.28. The van der Waals surface area contributed by atoms with Gasteiger partial charge in [0, 0.05) is 13.1 Å². The SMILES string of the molecule is CN(C(=O)C(C)(C)F)C1CCCCC1. The second-order valence-electron chi connectivity index (χ2n) is 4.68. The van der Waals surface area contributed by atoms with E-state index in [1.165, 1.54) is 20.3 Å². The Kier molecular flexibility index (Phi) is 3.51. The summed E-state index contributed by atoms with van der Waals surface area (Å²) in [7, 11) is 1.72. The molecule has 0 aromatic rings. The smallest absolute Gasteiger partial charge is 0.259 e. The van der Waals surface area contributed by atoms with Crippen molar-refractivity contribution in [2.75, 3.05) is 7.05 Å². The summed E-state index contributed by atoms with van der Waals surface area (Å²) in [4.78, 5) is 13.2. The van der Waals surface area contributed by atoms with E-state index in [1.54, 1.807) is 11.9 Å². The molecule has 0 spiro atoms. The number of alkyl halides is 1. The summed E-state index contributed by atoms with van der Waals surface area (Å²) in [6.45, 7) is 2.66. The monoisotopic (exact) mass is 201 g/mol. The zero-order valence-electron chi connectivity index (χ0n) is 9.35. The normalized spacial score (nSPS) is 19.4. The lowest BCUT2D eigenvalue weighted by molar-refractivity contribution is -0.143. The highest BCUT2D eigenvalue weighted by molar-refractivity contribution is 5.84. The molecule has 2 nitrogen and oxygen atoms in total. The molecule has 1 rings (SSSR count). The van der Waals surface area contributed by atoms with Crippen molar-refractivity contribution in [3.8, 4) is 0 Å². The number of amides is 1. The molecule has 1 aliphatic rings. The molecular formula is C11H20FNO. The predicted molar refractivity (Wildman–Crippen MR) is 54.8 cm³/mol. The Morgan fingerprint density at radius 3 is 2.21 bits per heavy atom. The summed E-state index contributed by atoms with van der Waals surface area (Å²) in [5, 5.41) is 0. The lowest BCUT2D eigenvalue weighted by atomic mass is 9.93. The van der Waals surface area contributed by atoms with Crippen molar-refractivity contribution in [3.05, 3.63) is 0 Å². The van der Waals surface area contributed by atoms with Gasteiger partial charge in [-0.3, -0.25) is 4.79 Å². The van der Waals surface area contributed by atoms with Crippen LogP contribution in [0.4, 0.5) is 4.39 Å². The summed E-state index contributed by atoms with van der Waals surface area (Å²) >= 11 is 0. The minimum Gasteiger partial charge on any atom is -0.340 e. The molecule has 82 valence electrons. The Morgan fingerprint density at radius 1 is 1.29 bits per heavy atom. The third-order valence-corrected chi connectivity index (χ3v) is 2.95. The summed E-state index contributed by atoms with van der Waals surface area (Å²) in [6, 6.07) is 0.256. The summed E-state index contributed by atoms with van der Waals surface area (Å²) in [5.74, 6) is -0.385. The molecule has 0 unspecified atom stereocenters. The van der Waals surface area contributed by atoms with Gasteiger partial charge in [0.15, 0.2) is 5.67 Å². The van der Waals surface area contributed by atoms with Crippen LogP contribution in [0.15, 0.2) is 0 Å². The zero-order valence-corrected chi connectivity index (χ0v) is 9.35. The van der Waals surface area contributed by atoms with Crippen LogP contribution in [0.5, 0.6) is 0 Å². The maximum Gasteiger partial charge on any atom is 0.259 e. The van der Waals surface area contributed by atoms with Crippen molar-refractivity contribution in [1.29, 1.82) is 0 Å². The molecule has 0 bridgehead atoms. The van der Waals surface area contributed by atoms with Crippen molar-refractivity contribution in [2.24, 2.45) is 0 Å². The number of carbonyl (C=O) groups is 1. The van der Waals surface area contributed by atoms with Crippen LogP contribution in [0.1, 0.15) is 46.0 Å². The summed E-state index contributed by atoms with van der Waals surface area (Å²) in [5.41, 5.74) is -1.73. The minimum atomic E-state index is -1.73. The molecule has 0 aromatic heterocycles. The standard InChI is InChI=1S/C11H20FNO/c1-11(2,12)10(14)13(3)9-7-5-4-6-8-9/h9H,4-8H2,1-3H3. The van der Waals surface area contributed by atoms with Crippen LogP contribution in [0.2, 0.25) is 0 Å². The number of hydrogen-bond donors (Lipinski definition) is 0. The maximum absolute atomic E-state index is 13.4. The van der Waals surface area contributed by atoms with E-state index in [0.717, 1.165) is 25.7 Å². The highest BCUT2D eigenvalue weighted by Crippen LogP contribution is 2.24. The van der Waals surface area contributed by atoms with Crippen molar-refractivity contribution >= 4 is 5.91 Å². The van der Waals surface area contributed by atoms with E-state index in [9.17, 15) is 9.18 Å². The van der Waals surface area contributed by atoms with Crippen molar-refractivity contribution < 1.29 is 9.18 Å². The number of hydrogen-bond acceptors (Lipinski definition) is 1.